The van der Waals surface area contributed by atoms with E-state index in [9.17, 15) is 4.79 Å². The van der Waals surface area contributed by atoms with Gasteiger partial charge in [-0.15, -0.1) is 0 Å². The normalized spacial score (nSPS) is 14.9. The molecular weight excluding hydrogens is 352 g/mol. The first-order chi connectivity index (χ1) is 13.6. The molecular formula is C22H24N4O2. The highest BCUT2D eigenvalue weighted by molar-refractivity contribution is 5.94. The molecule has 28 heavy (non-hydrogen) atoms. The number of benzene rings is 1. The van der Waals surface area contributed by atoms with Crippen LogP contribution in [-0.4, -0.2) is 44.5 Å². The predicted molar refractivity (Wildman–Crippen MR) is 107 cm³/mol. The molecule has 0 N–H and O–H groups in total. The summed E-state index contributed by atoms with van der Waals surface area (Å²) in [6.45, 7) is 5.17. The second-order valence-electron chi connectivity index (χ2n) is 7.14. The summed E-state index contributed by atoms with van der Waals surface area (Å²) in [5.74, 6) is 1.41. The molecule has 1 aliphatic heterocycles. The number of piperidine rings is 1. The van der Waals surface area contributed by atoms with E-state index in [-0.39, 0.29) is 12.0 Å². The number of amides is 1. The first-order valence-electron chi connectivity index (χ1n) is 9.60. The van der Waals surface area contributed by atoms with E-state index in [0.29, 0.717) is 24.8 Å². The van der Waals surface area contributed by atoms with Crippen molar-refractivity contribution >= 4 is 5.91 Å². The van der Waals surface area contributed by atoms with Crippen molar-refractivity contribution in [1.29, 1.82) is 0 Å². The summed E-state index contributed by atoms with van der Waals surface area (Å²) in [6, 6.07) is 13.6. The third kappa shape index (κ3) is 4.06. The van der Waals surface area contributed by atoms with E-state index in [2.05, 4.69) is 9.97 Å². The van der Waals surface area contributed by atoms with Gasteiger partial charge in [-0.1, -0.05) is 0 Å². The van der Waals surface area contributed by atoms with Crippen LogP contribution in [0, 0.1) is 13.8 Å². The quantitative estimate of drug-likeness (QED) is 0.698. The number of nitrogens with zero attached hydrogens (tertiary/aromatic N) is 4. The summed E-state index contributed by atoms with van der Waals surface area (Å²) in [5.41, 5.74) is 2.67. The van der Waals surface area contributed by atoms with Crippen LogP contribution in [0.5, 0.6) is 5.88 Å². The van der Waals surface area contributed by atoms with Crippen molar-refractivity contribution in [2.45, 2.75) is 32.8 Å². The smallest absolute Gasteiger partial charge is 0.253 e. The Morgan fingerprint density at radius 2 is 1.71 bits per heavy atom. The Morgan fingerprint density at radius 3 is 2.36 bits per heavy atom. The minimum Gasteiger partial charge on any atom is -0.474 e. The highest BCUT2D eigenvalue weighted by atomic mass is 16.5. The van der Waals surface area contributed by atoms with Crippen molar-refractivity contribution in [2.24, 2.45) is 0 Å². The fourth-order valence-corrected chi connectivity index (χ4v) is 3.56. The zero-order valence-electron chi connectivity index (χ0n) is 16.2. The molecule has 0 unspecified atom stereocenters. The van der Waals surface area contributed by atoms with E-state index >= 15 is 0 Å². The Kier molecular flexibility index (Phi) is 5.10. The second kappa shape index (κ2) is 7.84. The molecule has 3 aromatic rings. The van der Waals surface area contributed by atoms with Gasteiger partial charge in [0.1, 0.15) is 11.9 Å². The fourth-order valence-electron chi connectivity index (χ4n) is 3.56. The zero-order valence-corrected chi connectivity index (χ0v) is 16.2. The number of hydrogen-bond acceptors (Lipinski definition) is 4. The molecule has 0 atom stereocenters. The summed E-state index contributed by atoms with van der Waals surface area (Å²) in [5, 5.41) is 0. The van der Waals surface area contributed by atoms with E-state index in [1.807, 2.05) is 78.2 Å². The lowest BCUT2D eigenvalue weighted by Crippen LogP contribution is -2.41. The third-order valence-electron chi connectivity index (χ3n) is 4.98. The van der Waals surface area contributed by atoms with E-state index in [1.54, 1.807) is 0 Å². The van der Waals surface area contributed by atoms with E-state index in [4.69, 9.17) is 4.74 Å². The monoisotopic (exact) mass is 376 g/mol. The van der Waals surface area contributed by atoms with Crippen molar-refractivity contribution in [3.05, 3.63) is 71.9 Å². The van der Waals surface area contributed by atoms with Crippen molar-refractivity contribution in [3.8, 4) is 11.6 Å². The molecule has 2 aromatic heterocycles. The lowest BCUT2D eigenvalue weighted by atomic mass is 10.1. The standard InChI is InChI=1S/C22H24N4O2/c1-16-15-21(24-17(2)23-16)28-20-9-13-26(14-10-20)22(27)18-5-7-19(8-6-18)25-11-3-4-12-25/h3-8,11-12,15,20H,9-10,13-14H2,1-2H3. The van der Waals surface area contributed by atoms with Gasteiger partial charge in [0.05, 0.1) is 0 Å². The molecule has 0 radical (unpaired) electrons. The Morgan fingerprint density at radius 1 is 1.04 bits per heavy atom. The SMILES string of the molecule is Cc1cc(OC2CCN(C(=O)c3ccc(-n4cccc4)cc3)CC2)nc(C)n1. The molecule has 1 aliphatic rings. The molecule has 4 rings (SSSR count). The maximum absolute atomic E-state index is 12.8. The first kappa shape index (κ1) is 18.2. The Bertz CT molecular complexity index is 923. The highest BCUT2D eigenvalue weighted by Crippen LogP contribution is 2.20. The Balaban J connectivity index is 1.35. The fraction of sp³-hybridized carbons (Fsp3) is 0.318. The summed E-state index contributed by atoms with van der Waals surface area (Å²) in [7, 11) is 0. The van der Waals surface area contributed by atoms with Crippen molar-refractivity contribution < 1.29 is 9.53 Å². The zero-order chi connectivity index (χ0) is 19.5. The molecule has 1 amide bonds. The number of likely N-dealkylation sites (tertiary alicyclic amines) is 1. The number of carbonyl (C=O) groups is 1. The van der Waals surface area contributed by atoms with Crippen LogP contribution in [0.15, 0.2) is 54.9 Å². The van der Waals surface area contributed by atoms with Crippen LogP contribution in [-0.2, 0) is 0 Å². The van der Waals surface area contributed by atoms with Gasteiger partial charge in [0.2, 0.25) is 5.88 Å². The average Bonchev–Trinajstić information content (AvgIpc) is 3.22. The van der Waals surface area contributed by atoms with Crippen LogP contribution < -0.4 is 4.74 Å². The summed E-state index contributed by atoms with van der Waals surface area (Å²) >= 11 is 0. The summed E-state index contributed by atoms with van der Waals surface area (Å²) in [4.78, 5) is 23.3. The maximum Gasteiger partial charge on any atom is 0.253 e. The lowest BCUT2D eigenvalue weighted by molar-refractivity contribution is 0.0587. The van der Waals surface area contributed by atoms with Gasteiger partial charge in [-0.3, -0.25) is 4.79 Å². The van der Waals surface area contributed by atoms with Crippen molar-refractivity contribution in [2.75, 3.05) is 13.1 Å². The van der Waals surface area contributed by atoms with Gasteiger partial charge in [-0.2, -0.15) is 4.98 Å². The largest absolute Gasteiger partial charge is 0.474 e. The molecule has 3 heterocycles. The molecule has 1 aromatic carbocycles. The van der Waals surface area contributed by atoms with Crippen LogP contribution in [0.2, 0.25) is 0 Å². The molecule has 144 valence electrons. The van der Waals surface area contributed by atoms with Crippen LogP contribution in [0.3, 0.4) is 0 Å². The first-order valence-corrected chi connectivity index (χ1v) is 9.60. The van der Waals surface area contributed by atoms with Gasteiger partial charge >= 0.3 is 0 Å². The minimum atomic E-state index is 0.0752. The Hall–Kier alpha value is -3.15. The van der Waals surface area contributed by atoms with Crippen LogP contribution in [0.1, 0.15) is 34.7 Å². The molecule has 1 fully saturated rings. The molecule has 0 saturated carbocycles. The van der Waals surface area contributed by atoms with Crippen LogP contribution in [0.4, 0.5) is 0 Å². The van der Waals surface area contributed by atoms with E-state index in [0.717, 1.165) is 29.8 Å². The van der Waals surface area contributed by atoms with E-state index < -0.39 is 0 Å². The average molecular weight is 376 g/mol. The number of aromatic nitrogens is 3. The maximum atomic E-state index is 12.8. The second-order valence-corrected chi connectivity index (χ2v) is 7.14. The molecule has 0 bridgehead atoms. The van der Waals surface area contributed by atoms with Gasteiger partial charge in [0, 0.05) is 61.3 Å². The third-order valence-corrected chi connectivity index (χ3v) is 4.98. The number of rotatable bonds is 4. The number of hydrogen-bond donors (Lipinski definition) is 0. The van der Waals surface area contributed by atoms with Gasteiger partial charge in [0.25, 0.3) is 5.91 Å². The van der Waals surface area contributed by atoms with Gasteiger partial charge in [-0.25, -0.2) is 4.98 Å². The number of aryl methyl sites for hydroxylation is 2. The van der Waals surface area contributed by atoms with Crippen molar-refractivity contribution in [1.82, 2.24) is 19.4 Å². The molecule has 0 aliphatic carbocycles. The van der Waals surface area contributed by atoms with Gasteiger partial charge < -0.3 is 14.2 Å². The van der Waals surface area contributed by atoms with Crippen LogP contribution >= 0.6 is 0 Å². The molecule has 1 saturated heterocycles. The highest BCUT2D eigenvalue weighted by Gasteiger charge is 2.25. The predicted octanol–water partition coefficient (Wildman–Crippen LogP) is 3.57. The lowest BCUT2D eigenvalue weighted by Gasteiger charge is -2.32. The molecule has 0 spiro atoms. The number of ether oxygens (including phenoxy) is 1. The molecule has 6 heteroatoms. The van der Waals surface area contributed by atoms with E-state index in [1.165, 1.54) is 0 Å². The Labute approximate surface area is 164 Å². The topological polar surface area (TPSA) is 60.2 Å². The van der Waals surface area contributed by atoms with Crippen LogP contribution in [0.25, 0.3) is 5.69 Å². The molecule has 6 nitrogen and oxygen atoms in total. The summed E-state index contributed by atoms with van der Waals surface area (Å²) in [6.07, 6.45) is 5.66. The van der Waals surface area contributed by atoms with Gasteiger partial charge in [0.15, 0.2) is 0 Å². The number of carbonyl (C=O) groups excluding carboxylic acids is 1. The summed E-state index contributed by atoms with van der Waals surface area (Å²) < 4.78 is 8.04. The van der Waals surface area contributed by atoms with Gasteiger partial charge in [-0.05, 0) is 50.2 Å². The minimum absolute atomic E-state index is 0.0752. The van der Waals surface area contributed by atoms with Crippen molar-refractivity contribution in [3.63, 3.8) is 0 Å².